The topological polar surface area (TPSA) is 197 Å². The molecule has 0 aliphatic heterocycles. The maximum atomic E-state index is 14.6. The summed E-state index contributed by atoms with van der Waals surface area (Å²) in [6.45, 7) is 10.2. The van der Waals surface area contributed by atoms with Gasteiger partial charge in [0.1, 0.15) is 58.2 Å². The molecule has 6 atom stereocenters. The van der Waals surface area contributed by atoms with E-state index in [0.29, 0.717) is 48.2 Å². The second-order valence-corrected chi connectivity index (χ2v) is 16.6. The van der Waals surface area contributed by atoms with Crippen molar-refractivity contribution in [1.29, 1.82) is 0 Å². The number of carbonyl (C=O) groups is 2. The zero-order chi connectivity index (χ0) is 42.7. The van der Waals surface area contributed by atoms with Crippen LogP contribution in [0, 0.1) is 11.6 Å². The second kappa shape index (κ2) is 17.7. The van der Waals surface area contributed by atoms with Gasteiger partial charge in [-0.1, -0.05) is 12.1 Å². The Balaban J connectivity index is 0.000000221. The Bertz CT molecular complexity index is 1980. The van der Waals surface area contributed by atoms with Crippen molar-refractivity contribution in [2.75, 3.05) is 11.5 Å². The number of aliphatic hydroxyl groups excluding tert-OH is 2. The van der Waals surface area contributed by atoms with Crippen molar-refractivity contribution < 1.29 is 46.8 Å². The van der Waals surface area contributed by atoms with Crippen molar-refractivity contribution in [3.63, 3.8) is 0 Å². The number of ether oxygens (including phenoxy) is 2. The Labute approximate surface area is 334 Å². The van der Waals surface area contributed by atoms with Crippen molar-refractivity contribution in [2.24, 2.45) is 0 Å². The van der Waals surface area contributed by atoms with Gasteiger partial charge >= 0.3 is 11.9 Å². The van der Waals surface area contributed by atoms with Gasteiger partial charge in [0, 0.05) is 23.0 Å². The third-order valence-electron chi connectivity index (χ3n) is 9.67. The SMILES string of the molecule is CC(C)(C)OC(=O)c1ccc(-c2nc([C@H]3CC[C@H](O)[C@@H](F)C3)cnc2N)cc1F.CC(C)(C)OC(=O)c1ccc(-c2nc([C@H]3CC[C@H](O)[C@@H](F)C3)cnc2N)cc1F. The molecule has 0 radical (unpaired) electrons. The second-order valence-electron chi connectivity index (χ2n) is 16.6. The molecule has 2 fully saturated rings. The highest BCUT2D eigenvalue weighted by molar-refractivity contribution is 5.91. The Morgan fingerprint density at radius 1 is 0.655 bits per heavy atom. The van der Waals surface area contributed by atoms with E-state index in [-0.39, 0.29) is 58.8 Å². The fourth-order valence-corrected chi connectivity index (χ4v) is 6.70. The molecule has 0 amide bonds. The summed E-state index contributed by atoms with van der Waals surface area (Å²) < 4.78 is 67.3. The Morgan fingerprint density at radius 2 is 1.02 bits per heavy atom. The average molecular weight is 811 g/mol. The number of nitrogens with two attached hydrogens (primary N) is 2. The van der Waals surface area contributed by atoms with Crippen LogP contribution in [0.5, 0.6) is 0 Å². The largest absolute Gasteiger partial charge is 0.456 e. The summed E-state index contributed by atoms with van der Waals surface area (Å²) in [6.07, 6.45) is 0.540. The number of hydrogen-bond acceptors (Lipinski definition) is 12. The van der Waals surface area contributed by atoms with Crippen LogP contribution >= 0.6 is 0 Å². The lowest BCUT2D eigenvalue weighted by Crippen LogP contribution is -2.30. The van der Waals surface area contributed by atoms with Crippen molar-refractivity contribution >= 4 is 23.6 Å². The monoisotopic (exact) mass is 810 g/mol. The number of hydrogen-bond donors (Lipinski definition) is 4. The van der Waals surface area contributed by atoms with E-state index in [9.17, 15) is 37.4 Å². The van der Waals surface area contributed by atoms with E-state index in [1.54, 1.807) is 41.5 Å². The minimum Gasteiger partial charge on any atom is -0.456 e. The van der Waals surface area contributed by atoms with E-state index in [1.165, 1.54) is 36.7 Å². The lowest BCUT2D eigenvalue weighted by Gasteiger charge is -2.28. The summed E-state index contributed by atoms with van der Waals surface area (Å²) in [6, 6.07) is 8.00. The molecular formula is C42H50F4N6O6. The fraction of sp³-hybridized carbons (Fsp3) is 0.476. The van der Waals surface area contributed by atoms with Crippen molar-refractivity contribution in [3.05, 3.63) is 82.9 Å². The molecule has 312 valence electrons. The maximum absolute atomic E-state index is 14.6. The standard InChI is InChI=1S/2C21H25F2N3O3/c2*1-21(2,3)29-20(28)13-6-4-12(9-14(13)22)18-19(24)25-10-16(26-18)11-5-7-17(27)15(23)8-11/h2*4,6,9-11,15,17,27H,5,7-8H2,1-3H3,(H2,24,25)/t2*11-,15-,17-/m00/s1. The first-order valence-corrected chi connectivity index (χ1v) is 19.1. The molecule has 2 aromatic carbocycles. The van der Waals surface area contributed by atoms with Gasteiger partial charge in [0.15, 0.2) is 0 Å². The van der Waals surface area contributed by atoms with Crippen molar-refractivity contribution in [2.45, 2.75) is 128 Å². The molecule has 4 aromatic rings. The summed E-state index contributed by atoms with van der Waals surface area (Å²) in [5, 5.41) is 19.2. The molecular weight excluding hydrogens is 760 g/mol. The number of carbonyl (C=O) groups excluding carboxylic acids is 2. The zero-order valence-electron chi connectivity index (χ0n) is 33.3. The minimum absolute atomic E-state index is 0.103. The van der Waals surface area contributed by atoms with Gasteiger partial charge in [-0.25, -0.2) is 47.1 Å². The predicted molar refractivity (Wildman–Crippen MR) is 209 cm³/mol. The van der Waals surface area contributed by atoms with Gasteiger partial charge < -0.3 is 31.2 Å². The predicted octanol–water partition coefficient (Wildman–Crippen LogP) is 7.57. The third-order valence-corrected chi connectivity index (χ3v) is 9.67. The molecule has 2 aromatic heterocycles. The average Bonchev–Trinajstić information content (AvgIpc) is 3.13. The third kappa shape index (κ3) is 11.0. The van der Waals surface area contributed by atoms with E-state index in [0.717, 1.165) is 12.1 Å². The number of alkyl halides is 2. The Morgan fingerprint density at radius 3 is 1.33 bits per heavy atom. The number of aromatic nitrogens is 4. The van der Waals surface area contributed by atoms with Crippen molar-refractivity contribution in [1.82, 2.24) is 19.9 Å². The van der Waals surface area contributed by atoms with Crippen LogP contribution in [0.25, 0.3) is 22.5 Å². The van der Waals surface area contributed by atoms with Crippen LogP contribution in [-0.2, 0) is 9.47 Å². The van der Waals surface area contributed by atoms with Gasteiger partial charge in [-0.3, -0.25) is 0 Å². The number of halogens is 4. The summed E-state index contributed by atoms with van der Waals surface area (Å²) in [5.41, 5.74) is 12.3. The van der Waals surface area contributed by atoms with Gasteiger partial charge in [-0.05, 0) is 104 Å². The molecule has 0 bridgehead atoms. The van der Waals surface area contributed by atoms with Crippen LogP contribution in [0.3, 0.4) is 0 Å². The molecule has 0 spiro atoms. The van der Waals surface area contributed by atoms with Crippen LogP contribution in [0.4, 0.5) is 29.2 Å². The minimum atomic E-state index is -1.32. The maximum Gasteiger partial charge on any atom is 0.341 e. The highest BCUT2D eigenvalue weighted by Crippen LogP contribution is 2.37. The highest BCUT2D eigenvalue weighted by Gasteiger charge is 2.33. The molecule has 0 unspecified atom stereocenters. The summed E-state index contributed by atoms with van der Waals surface area (Å²) in [7, 11) is 0. The Kier molecular flexibility index (Phi) is 13.4. The number of anilines is 2. The van der Waals surface area contributed by atoms with Gasteiger partial charge in [-0.15, -0.1) is 0 Å². The molecule has 2 aliphatic carbocycles. The van der Waals surface area contributed by atoms with Gasteiger partial charge in [-0.2, -0.15) is 0 Å². The summed E-state index contributed by atoms with van der Waals surface area (Å²) in [5.74, 6) is -3.23. The van der Waals surface area contributed by atoms with E-state index >= 15 is 0 Å². The van der Waals surface area contributed by atoms with E-state index < -0.39 is 59.3 Å². The van der Waals surface area contributed by atoms with Crippen LogP contribution in [-0.4, -0.2) is 77.8 Å². The highest BCUT2D eigenvalue weighted by atomic mass is 19.1. The number of benzene rings is 2. The van der Waals surface area contributed by atoms with Crippen LogP contribution in [0.15, 0.2) is 48.8 Å². The number of esters is 2. The number of rotatable bonds is 6. The molecule has 2 aliphatic rings. The number of nitrogen functional groups attached to an aromatic ring is 2. The quantitative estimate of drug-likeness (QED) is 0.110. The summed E-state index contributed by atoms with van der Waals surface area (Å²) in [4.78, 5) is 41.5. The fourth-order valence-electron chi connectivity index (χ4n) is 6.70. The smallest absolute Gasteiger partial charge is 0.341 e. The van der Waals surface area contributed by atoms with Crippen LogP contribution in [0.2, 0.25) is 0 Å². The van der Waals surface area contributed by atoms with Gasteiger partial charge in [0.25, 0.3) is 0 Å². The van der Waals surface area contributed by atoms with Crippen LogP contribution in [0.1, 0.15) is 124 Å². The Hall–Kier alpha value is -5.22. The van der Waals surface area contributed by atoms with E-state index in [1.807, 2.05) is 0 Å². The number of aliphatic hydroxyl groups is 2. The summed E-state index contributed by atoms with van der Waals surface area (Å²) >= 11 is 0. The first-order chi connectivity index (χ1) is 27.1. The first kappa shape index (κ1) is 43.9. The molecule has 0 saturated heterocycles. The van der Waals surface area contributed by atoms with Gasteiger partial charge in [0.05, 0.1) is 47.1 Å². The molecule has 12 nitrogen and oxygen atoms in total. The number of nitrogens with zero attached hydrogens (tertiary/aromatic N) is 4. The molecule has 6 N–H and O–H groups in total. The van der Waals surface area contributed by atoms with Crippen molar-refractivity contribution in [3.8, 4) is 22.5 Å². The van der Waals surface area contributed by atoms with Gasteiger partial charge in [0.2, 0.25) is 0 Å². The zero-order valence-corrected chi connectivity index (χ0v) is 33.3. The molecule has 2 saturated carbocycles. The lowest BCUT2D eigenvalue weighted by atomic mass is 9.84. The van der Waals surface area contributed by atoms with E-state index in [4.69, 9.17) is 20.9 Å². The molecule has 58 heavy (non-hydrogen) atoms. The van der Waals surface area contributed by atoms with E-state index in [2.05, 4.69) is 19.9 Å². The normalized spacial score (nSPS) is 22.3. The van der Waals surface area contributed by atoms with Crippen LogP contribution < -0.4 is 11.5 Å². The molecule has 16 heteroatoms. The molecule has 2 heterocycles. The molecule has 6 rings (SSSR count). The lowest BCUT2D eigenvalue weighted by molar-refractivity contribution is 0.00518. The first-order valence-electron chi connectivity index (χ1n) is 19.1.